The molecule has 0 aliphatic carbocycles. The molecule has 0 bridgehead atoms. The molecule has 14 heteroatoms. The molecule has 1 amide bonds. The fourth-order valence-electron chi connectivity index (χ4n) is 9.72. The van der Waals surface area contributed by atoms with E-state index in [1.807, 2.05) is 6.08 Å². The zero-order valence-corrected chi connectivity index (χ0v) is 49.5. The highest BCUT2D eigenvalue weighted by atomic mass is 16.7. The lowest BCUT2D eigenvalue weighted by molar-refractivity contribution is -0.359. The van der Waals surface area contributed by atoms with E-state index in [-0.39, 0.29) is 18.9 Å². The number of carbonyl (C=O) groups is 1. The van der Waals surface area contributed by atoms with Crippen molar-refractivity contribution in [2.24, 2.45) is 0 Å². The van der Waals surface area contributed by atoms with Crippen LogP contribution in [0.4, 0.5) is 0 Å². The van der Waals surface area contributed by atoms with Crippen LogP contribution in [-0.2, 0) is 23.7 Å². The minimum absolute atomic E-state index is 0.250. The monoisotopic (exact) mass is 1130 g/mol. The maximum absolute atomic E-state index is 13.3. The number of aliphatic hydroxyl groups excluding tert-OH is 8. The summed E-state index contributed by atoms with van der Waals surface area (Å²) in [5, 5.41) is 87.2. The zero-order valence-electron chi connectivity index (χ0n) is 49.5. The molecule has 2 rings (SSSR count). The summed E-state index contributed by atoms with van der Waals surface area (Å²) < 4.78 is 22.8. The number of unbranched alkanes of at least 4 members (excludes halogenated alkanes) is 22. The first-order chi connectivity index (χ1) is 39.1. The second-order valence-corrected chi connectivity index (χ2v) is 21.8. The van der Waals surface area contributed by atoms with Gasteiger partial charge in [0.1, 0.15) is 48.8 Å². The number of nitrogens with one attached hydrogen (secondary N) is 1. The molecule has 12 atom stereocenters. The fourth-order valence-corrected chi connectivity index (χ4v) is 9.72. The molecule has 12 unspecified atom stereocenters. The maximum Gasteiger partial charge on any atom is 0.220 e. The van der Waals surface area contributed by atoms with Crippen LogP contribution in [0.5, 0.6) is 0 Å². The third-order valence-corrected chi connectivity index (χ3v) is 14.8. The van der Waals surface area contributed by atoms with E-state index in [1.165, 1.54) is 96.3 Å². The van der Waals surface area contributed by atoms with Gasteiger partial charge < -0.3 is 65.1 Å². The number of aliphatic hydroxyl groups is 8. The first kappa shape index (κ1) is 73.0. The van der Waals surface area contributed by atoms with Gasteiger partial charge in [0.25, 0.3) is 0 Å². The van der Waals surface area contributed by atoms with E-state index in [0.717, 1.165) is 89.9 Å². The molecule has 0 aromatic heterocycles. The van der Waals surface area contributed by atoms with Gasteiger partial charge in [-0.3, -0.25) is 4.79 Å². The number of ether oxygens (including phenoxy) is 4. The second kappa shape index (κ2) is 50.4. The highest BCUT2D eigenvalue weighted by Crippen LogP contribution is 2.30. The molecule has 2 fully saturated rings. The summed E-state index contributed by atoms with van der Waals surface area (Å²) in [7, 11) is 0. The average molecular weight is 1130 g/mol. The van der Waals surface area contributed by atoms with Crippen LogP contribution in [0.25, 0.3) is 0 Å². The van der Waals surface area contributed by atoms with Gasteiger partial charge in [-0.2, -0.15) is 0 Å². The Hall–Kier alpha value is -3.09. The van der Waals surface area contributed by atoms with Crippen molar-refractivity contribution in [1.29, 1.82) is 0 Å². The van der Waals surface area contributed by atoms with Crippen molar-refractivity contribution in [2.45, 2.75) is 293 Å². The SMILES string of the molecule is CC/C=C\C/C=C\C/C=C\C/C=C\C/C=C\C/C=C\CCCCCCCCC(=O)NC(COC1OC(CO)C(OC2OC(CO)C(O)C(O)C2O)C(O)C1O)C(O)/C=C/CC/C=C/CCCCCCCCCCCCCCCCC. The van der Waals surface area contributed by atoms with E-state index in [1.54, 1.807) is 6.08 Å². The number of hydrogen-bond donors (Lipinski definition) is 9. The van der Waals surface area contributed by atoms with E-state index in [4.69, 9.17) is 18.9 Å². The minimum atomic E-state index is -1.80. The minimum Gasteiger partial charge on any atom is -0.394 e. The predicted octanol–water partition coefficient (Wildman–Crippen LogP) is 11.4. The Labute approximate surface area is 483 Å². The molecular formula is C66H113NO13. The lowest BCUT2D eigenvalue weighted by Crippen LogP contribution is -2.65. The van der Waals surface area contributed by atoms with E-state index in [9.17, 15) is 45.6 Å². The van der Waals surface area contributed by atoms with Crippen molar-refractivity contribution in [2.75, 3.05) is 19.8 Å². The Balaban J connectivity index is 1.77. The van der Waals surface area contributed by atoms with Gasteiger partial charge in [-0.1, -0.05) is 227 Å². The average Bonchev–Trinajstić information content (AvgIpc) is 3.49. The number of amides is 1. The lowest BCUT2D eigenvalue weighted by Gasteiger charge is -2.46. The van der Waals surface area contributed by atoms with Crippen LogP contribution in [0.3, 0.4) is 0 Å². The smallest absolute Gasteiger partial charge is 0.220 e. The van der Waals surface area contributed by atoms with Crippen molar-refractivity contribution in [3.63, 3.8) is 0 Å². The van der Waals surface area contributed by atoms with E-state index in [0.29, 0.717) is 12.8 Å². The van der Waals surface area contributed by atoms with Gasteiger partial charge in [-0.25, -0.2) is 0 Å². The van der Waals surface area contributed by atoms with Gasteiger partial charge in [-0.05, 0) is 83.5 Å². The van der Waals surface area contributed by atoms with Crippen LogP contribution in [0, 0.1) is 0 Å². The Morgan fingerprint density at radius 1 is 0.463 bits per heavy atom. The van der Waals surface area contributed by atoms with Crippen molar-refractivity contribution in [3.8, 4) is 0 Å². The third-order valence-electron chi connectivity index (χ3n) is 14.8. The first-order valence-corrected chi connectivity index (χ1v) is 31.5. The molecule has 2 heterocycles. The summed E-state index contributed by atoms with van der Waals surface area (Å²) in [4.78, 5) is 13.3. The summed E-state index contributed by atoms with van der Waals surface area (Å²) >= 11 is 0. The molecular weight excluding hydrogens is 1010 g/mol. The highest BCUT2D eigenvalue weighted by molar-refractivity contribution is 5.76. The van der Waals surface area contributed by atoms with E-state index >= 15 is 0 Å². The fraction of sp³-hybridized carbons (Fsp3) is 0.742. The van der Waals surface area contributed by atoms with Crippen molar-refractivity contribution < 1.29 is 64.6 Å². The molecule has 14 nitrogen and oxygen atoms in total. The number of carbonyl (C=O) groups excluding carboxylic acids is 1. The Bertz CT molecular complexity index is 1710. The van der Waals surface area contributed by atoms with Gasteiger partial charge in [0.15, 0.2) is 12.6 Å². The molecule has 0 aromatic rings. The zero-order chi connectivity index (χ0) is 58.1. The number of allylic oxidation sites excluding steroid dienone is 15. The lowest BCUT2D eigenvalue weighted by atomic mass is 9.97. The van der Waals surface area contributed by atoms with Crippen LogP contribution in [0.1, 0.15) is 219 Å². The van der Waals surface area contributed by atoms with Crippen LogP contribution in [0.15, 0.2) is 97.2 Å². The van der Waals surface area contributed by atoms with Gasteiger partial charge >= 0.3 is 0 Å². The van der Waals surface area contributed by atoms with Gasteiger partial charge in [0.2, 0.25) is 5.91 Å². The molecule has 2 aliphatic rings. The van der Waals surface area contributed by atoms with Crippen molar-refractivity contribution in [3.05, 3.63) is 97.2 Å². The predicted molar refractivity (Wildman–Crippen MR) is 323 cm³/mol. The van der Waals surface area contributed by atoms with Crippen LogP contribution >= 0.6 is 0 Å². The molecule has 0 aromatic carbocycles. The normalized spacial score (nSPS) is 24.9. The second-order valence-electron chi connectivity index (χ2n) is 21.8. The summed E-state index contributed by atoms with van der Waals surface area (Å²) in [6.07, 6.45) is 53.0. The van der Waals surface area contributed by atoms with Crippen LogP contribution in [-0.4, -0.2) is 140 Å². The first-order valence-electron chi connectivity index (χ1n) is 31.5. The molecule has 460 valence electrons. The molecule has 0 spiro atoms. The van der Waals surface area contributed by atoms with Crippen LogP contribution in [0.2, 0.25) is 0 Å². The molecule has 0 radical (unpaired) electrons. The van der Waals surface area contributed by atoms with Gasteiger partial charge in [0.05, 0.1) is 32.0 Å². The molecule has 0 saturated carbocycles. The Morgan fingerprint density at radius 2 is 0.875 bits per heavy atom. The van der Waals surface area contributed by atoms with Gasteiger partial charge in [-0.15, -0.1) is 0 Å². The summed E-state index contributed by atoms with van der Waals surface area (Å²) in [6, 6.07) is -0.947. The summed E-state index contributed by atoms with van der Waals surface area (Å²) in [5.74, 6) is -0.267. The molecule has 2 aliphatic heterocycles. The number of hydrogen-bond acceptors (Lipinski definition) is 13. The Kier molecular flexibility index (Phi) is 46.0. The third kappa shape index (κ3) is 35.1. The van der Waals surface area contributed by atoms with Crippen LogP contribution < -0.4 is 5.32 Å². The standard InChI is InChI=1S/C66H113NO13/c1-3-5-7-9-11-13-15-17-19-21-23-25-26-27-28-30-32-34-36-38-40-42-44-46-48-50-58(71)67-54(55(70)49-47-45-43-41-39-37-35-33-31-29-24-22-20-18-16-14-12-10-8-6-4-2)53-77-65-63(76)61(74)64(57(52-69)79-65)80-66-62(75)60(73)59(72)56(51-68)78-66/h5,7,11,13,17,19,23,25,27-28,32,34,39,41,47,49,54-57,59-66,68-70,72-76H,3-4,6,8-10,12,14-16,18,20-22,24,26,29-31,33,35-38,40,42-46,48,50-53H2,1-2H3,(H,67,71)/b7-5-,13-11-,19-17-,25-23-,28-27-,34-32-,41-39+,49-47+. The molecule has 2 saturated heterocycles. The largest absolute Gasteiger partial charge is 0.394 e. The highest BCUT2D eigenvalue weighted by Gasteiger charge is 2.51. The number of rotatable bonds is 49. The summed E-state index contributed by atoms with van der Waals surface area (Å²) in [5.41, 5.74) is 0. The van der Waals surface area contributed by atoms with E-state index in [2.05, 4.69) is 104 Å². The topological polar surface area (TPSA) is 228 Å². The molecule has 80 heavy (non-hydrogen) atoms. The van der Waals surface area contributed by atoms with Crippen molar-refractivity contribution >= 4 is 5.91 Å². The maximum atomic E-state index is 13.3. The molecule has 9 N–H and O–H groups in total. The summed E-state index contributed by atoms with van der Waals surface area (Å²) in [6.45, 7) is 2.66. The quantitative estimate of drug-likeness (QED) is 0.0204. The van der Waals surface area contributed by atoms with Gasteiger partial charge in [0, 0.05) is 6.42 Å². The van der Waals surface area contributed by atoms with E-state index < -0.39 is 86.8 Å². The van der Waals surface area contributed by atoms with Crippen molar-refractivity contribution in [1.82, 2.24) is 5.32 Å². The Morgan fingerprint density at radius 3 is 1.38 bits per heavy atom.